The minimum absolute atomic E-state index is 0.464. The van der Waals surface area contributed by atoms with E-state index in [2.05, 4.69) is 41.5 Å². The molecule has 0 fully saturated rings. The zero-order valence-electron chi connectivity index (χ0n) is 24.1. The normalized spacial score (nSPS) is 16.6. The van der Waals surface area contributed by atoms with Gasteiger partial charge in [0.2, 0.25) is 0 Å². The zero-order valence-corrected chi connectivity index (χ0v) is 28.9. The molecule has 0 aliphatic carbocycles. The second-order valence-electron chi connectivity index (χ2n) is 15.5. The molecule has 31 heavy (non-hydrogen) atoms. The monoisotopic (exact) mass is 588 g/mol. The van der Waals surface area contributed by atoms with Crippen molar-refractivity contribution in [2.24, 2.45) is 0 Å². The van der Waals surface area contributed by atoms with Crippen LogP contribution in [0.5, 0.6) is 0 Å². The van der Waals surface area contributed by atoms with Crippen LogP contribution in [0.2, 0.25) is 27.0 Å². The topological polar surface area (TPSA) is 18.5 Å². The van der Waals surface area contributed by atoms with Gasteiger partial charge in [-0.1, -0.05) is 0 Å². The Bertz CT molecular complexity index is 541. The van der Waals surface area contributed by atoms with E-state index in [1.807, 2.05) is 83.1 Å². The van der Waals surface area contributed by atoms with Crippen molar-refractivity contribution in [3.8, 4) is 0 Å². The molecule has 0 saturated heterocycles. The van der Waals surface area contributed by atoms with Gasteiger partial charge in [0.25, 0.3) is 0 Å². The Hall–Kier alpha value is 1.01. The molecule has 0 bridgehead atoms. The van der Waals surface area contributed by atoms with Crippen LogP contribution >= 0.6 is 0 Å². The Balaban J connectivity index is 7.40. The molecular weight excluding hydrogens is 533 g/mol. The molecule has 0 aliphatic heterocycles. The van der Waals surface area contributed by atoms with Crippen molar-refractivity contribution in [2.75, 3.05) is 0 Å². The number of hydrogen-bond donors (Lipinski definition) is 0. The van der Waals surface area contributed by atoms with Crippen molar-refractivity contribution in [1.82, 2.24) is 0 Å². The minimum atomic E-state index is -4.60. The van der Waals surface area contributed by atoms with Crippen LogP contribution in [0.25, 0.3) is 0 Å². The van der Waals surface area contributed by atoms with Gasteiger partial charge in [-0.05, 0) is 0 Å². The van der Waals surface area contributed by atoms with Gasteiger partial charge >= 0.3 is 202 Å². The molecular formula is C24H54F2O2Si2Sn. The molecule has 0 heterocycles. The third-order valence-electron chi connectivity index (χ3n) is 6.40. The fourth-order valence-corrected chi connectivity index (χ4v) is 48.2. The van der Waals surface area contributed by atoms with Gasteiger partial charge < -0.3 is 0 Å². The quantitative estimate of drug-likeness (QED) is 0.241. The van der Waals surface area contributed by atoms with Crippen molar-refractivity contribution in [3.63, 3.8) is 0 Å². The molecule has 0 aromatic rings. The Morgan fingerprint density at radius 1 is 0.419 bits per heavy atom. The molecule has 0 aromatic carbocycles. The summed E-state index contributed by atoms with van der Waals surface area (Å²) >= 11 is -4.60. The van der Waals surface area contributed by atoms with Gasteiger partial charge in [0.15, 0.2) is 0 Å². The van der Waals surface area contributed by atoms with E-state index in [4.69, 9.17) is 5.53 Å². The first-order valence-electron chi connectivity index (χ1n) is 11.7. The van der Waals surface area contributed by atoms with Crippen LogP contribution in [0.3, 0.4) is 0 Å². The van der Waals surface area contributed by atoms with Crippen LogP contribution in [0.1, 0.15) is 125 Å². The van der Waals surface area contributed by atoms with Crippen molar-refractivity contribution >= 4 is 36.5 Å². The van der Waals surface area contributed by atoms with E-state index in [0.29, 0.717) is 0 Å². The Labute approximate surface area is 201 Å². The average molecular weight is 588 g/mol. The van der Waals surface area contributed by atoms with E-state index in [0.717, 1.165) is 0 Å². The predicted molar refractivity (Wildman–Crippen MR) is 140 cm³/mol. The molecule has 0 amide bonds. The van der Waals surface area contributed by atoms with Crippen molar-refractivity contribution in [1.29, 1.82) is 0 Å². The second kappa shape index (κ2) is 8.59. The number of halogens is 2. The standard InChI is InChI=1S/2C8H18FOSi.2C4H9.Sn/c2*1-7(2,3)11(9,10)8(4,5)6;2*1-4(2)3;/h2*1-6H3;2*1-3H3;/q2*-1;;;+2. The average Bonchev–Trinajstić information content (AvgIpc) is 2.38. The van der Waals surface area contributed by atoms with Gasteiger partial charge in [-0.2, -0.15) is 0 Å². The zero-order chi connectivity index (χ0) is 25.9. The molecule has 0 radical (unpaired) electrons. The first kappa shape index (κ1) is 32.0. The fraction of sp³-hybridized carbons (Fsp3) is 1.00. The van der Waals surface area contributed by atoms with Gasteiger partial charge in [0.05, 0.1) is 0 Å². The summed E-state index contributed by atoms with van der Waals surface area (Å²) < 4.78 is 47.7. The van der Waals surface area contributed by atoms with Gasteiger partial charge in [0, 0.05) is 0 Å². The molecule has 0 N–H and O–H groups in total. The molecule has 188 valence electrons. The molecule has 0 spiro atoms. The van der Waals surface area contributed by atoms with Crippen molar-refractivity contribution < 1.29 is 13.7 Å². The van der Waals surface area contributed by atoms with Gasteiger partial charge in [-0.25, -0.2) is 0 Å². The Morgan fingerprint density at radius 3 is 0.677 bits per heavy atom. The van der Waals surface area contributed by atoms with Gasteiger partial charge in [0.1, 0.15) is 0 Å². The van der Waals surface area contributed by atoms with Crippen molar-refractivity contribution in [3.05, 3.63) is 0 Å². The summed E-state index contributed by atoms with van der Waals surface area (Å²) in [5.74, 6) is 0. The van der Waals surface area contributed by atoms with E-state index in [-0.39, 0.29) is 0 Å². The number of hydrogen-bond acceptors (Lipinski definition) is 2. The first-order chi connectivity index (χ1) is 12.9. The van der Waals surface area contributed by atoms with Crippen LogP contribution in [-0.2, 0) is 5.53 Å². The van der Waals surface area contributed by atoms with Crippen LogP contribution in [-0.4, -0.2) is 36.5 Å². The third kappa shape index (κ3) is 5.81. The molecule has 0 unspecified atom stereocenters. The summed E-state index contributed by atoms with van der Waals surface area (Å²) in [6, 6.07) is 0. The summed E-state index contributed by atoms with van der Waals surface area (Å²) in [5, 5.41) is -2.68. The van der Waals surface area contributed by atoms with Crippen molar-refractivity contribution in [2.45, 2.75) is 152 Å². The first-order valence-corrected chi connectivity index (χ1v) is 20.5. The van der Waals surface area contributed by atoms with E-state index in [1.54, 1.807) is 0 Å². The molecule has 0 atom stereocenters. The summed E-state index contributed by atoms with van der Waals surface area (Å²) in [6.07, 6.45) is 0. The summed E-state index contributed by atoms with van der Waals surface area (Å²) in [5.41, 5.74) is 0. The van der Waals surface area contributed by atoms with Crippen LogP contribution < -0.4 is 0 Å². The van der Waals surface area contributed by atoms with Crippen LogP contribution in [0.4, 0.5) is 8.22 Å². The third-order valence-corrected chi connectivity index (χ3v) is 36.3. The molecule has 7 heteroatoms. The summed E-state index contributed by atoms with van der Waals surface area (Å²) in [4.78, 5) is 0. The molecule has 0 saturated carbocycles. The van der Waals surface area contributed by atoms with E-state index >= 15 is 8.22 Å². The van der Waals surface area contributed by atoms with E-state index in [1.165, 1.54) is 0 Å². The molecule has 2 nitrogen and oxygen atoms in total. The maximum atomic E-state index is 17.3. The van der Waals surface area contributed by atoms with Crippen LogP contribution in [0.15, 0.2) is 0 Å². The number of rotatable bonds is 4. The SMILES string of the molecule is CC(C)(C)[Si](F)([O][Sn]([O][Si](F)(C(C)(C)C)C(C)(C)C)([C](C)(C)C)[C](C)(C)C)C(C)(C)C. The van der Waals surface area contributed by atoms with E-state index < -0.39 is 63.5 Å². The van der Waals surface area contributed by atoms with E-state index in [9.17, 15) is 0 Å². The molecule has 0 aromatic heterocycles. The maximum absolute atomic E-state index is 17.3. The summed E-state index contributed by atoms with van der Waals surface area (Å²) in [7, 11) is -7.80. The Morgan fingerprint density at radius 2 is 0.581 bits per heavy atom. The van der Waals surface area contributed by atoms with Gasteiger partial charge in [-0.3, -0.25) is 0 Å². The summed E-state index contributed by atoms with van der Waals surface area (Å²) in [6.45, 7) is 35.6. The fourth-order valence-electron chi connectivity index (χ4n) is 5.02. The second-order valence-corrected chi connectivity index (χ2v) is 39.9. The molecule has 0 rings (SSSR count). The van der Waals surface area contributed by atoms with Crippen LogP contribution in [0, 0.1) is 0 Å². The predicted octanol–water partition coefficient (Wildman–Crippen LogP) is 10.1. The molecule has 0 aliphatic rings. The Kier molecular flexibility index (Phi) is 8.87. The van der Waals surface area contributed by atoms with Gasteiger partial charge in [-0.15, -0.1) is 0 Å².